The molecule has 0 saturated carbocycles. The Balaban J connectivity index is 2.10. The SMILES string of the molecule is CC1(C)C(=O)N(c2ccc(N)c(C(F)(F)F)c2)C(=S)N1c1ccc(C(N)=O)c(F)c1. The number of nitrogens with two attached hydrogens (primary N) is 2. The van der Waals surface area contributed by atoms with Crippen LogP contribution in [-0.2, 0) is 11.0 Å². The molecule has 0 unspecified atom stereocenters. The fourth-order valence-corrected chi connectivity index (χ4v) is 3.75. The van der Waals surface area contributed by atoms with Gasteiger partial charge in [0.05, 0.1) is 16.8 Å². The summed E-state index contributed by atoms with van der Waals surface area (Å²) in [7, 11) is 0. The summed E-state index contributed by atoms with van der Waals surface area (Å²) < 4.78 is 54.0. The largest absolute Gasteiger partial charge is 0.418 e. The Bertz CT molecular complexity index is 1080. The number of nitrogens with zero attached hydrogens (tertiary/aromatic N) is 2. The molecule has 0 aromatic heterocycles. The molecule has 1 aliphatic heterocycles. The molecule has 0 bridgehead atoms. The zero-order valence-corrected chi connectivity index (χ0v) is 16.6. The van der Waals surface area contributed by atoms with Crippen LogP contribution in [0.25, 0.3) is 0 Å². The molecule has 2 amide bonds. The van der Waals surface area contributed by atoms with Gasteiger partial charge in [0, 0.05) is 11.4 Å². The molecular formula is C19H16F4N4O2S. The number of anilines is 3. The van der Waals surface area contributed by atoms with Crippen molar-refractivity contribution in [1.82, 2.24) is 0 Å². The van der Waals surface area contributed by atoms with Crippen molar-refractivity contribution in [3.8, 4) is 0 Å². The quantitative estimate of drug-likeness (QED) is 0.433. The summed E-state index contributed by atoms with van der Waals surface area (Å²) >= 11 is 5.35. The van der Waals surface area contributed by atoms with E-state index in [1.165, 1.54) is 30.9 Å². The molecule has 0 atom stereocenters. The summed E-state index contributed by atoms with van der Waals surface area (Å²) in [6.07, 6.45) is -4.73. The minimum Gasteiger partial charge on any atom is -0.398 e. The molecule has 6 nitrogen and oxygen atoms in total. The highest BCUT2D eigenvalue weighted by molar-refractivity contribution is 7.81. The first-order chi connectivity index (χ1) is 13.8. The first kappa shape index (κ1) is 21.5. The van der Waals surface area contributed by atoms with E-state index in [2.05, 4.69) is 0 Å². The molecule has 2 aromatic carbocycles. The normalized spacial score (nSPS) is 16.3. The molecule has 1 saturated heterocycles. The third-order valence-corrected chi connectivity index (χ3v) is 5.11. The van der Waals surface area contributed by atoms with Crippen molar-refractivity contribution in [1.29, 1.82) is 0 Å². The maximum Gasteiger partial charge on any atom is 0.418 e. The molecule has 1 fully saturated rings. The number of carbonyl (C=O) groups excluding carboxylic acids is 2. The van der Waals surface area contributed by atoms with Gasteiger partial charge in [0.15, 0.2) is 5.11 Å². The highest BCUT2D eigenvalue weighted by Crippen LogP contribution is 2.40. The monoisotopic (exact) mass is 440 g/mol. The zero-order valence-electron chi connectivity index (χ0n) is 15.7. The van der Waals surface area contributed by atoms with Gasteiger partial charge in [0.2, 0.25) is 0 Å². The summed E-state index contributed by atoms with van der Waals surface area (Å²) in [5.74, 6) is -2.51. The number of benzene rings is 2. The summed E-state index contributed by atoms with van der Waals surface area (Å²) in [4.78, 5) is 26.5. The molecule has 1 heterocycles. The Kier molecular flexibility index (Phi) is 4.97. The number of halogens is 4. The lowest BCUT2D eigenvalue weighted by molar-refractivity contribution is -0.137. The fourth-order valence-electron chi connectivity index (χ4n) is 3.23. The predicted octanol–water partition coefficient (Wildman–Crippen LogP) is 3.44. The molecule has 1 aliphatic rings. The average Bonchev–Trinajstić information content (AvgIpc) is 2.79. The van der Waals surface area contributed by atoms with E-state index in [-0.39, 0.29) is 22.1 Å². The van der Waals surface area contributed by atoms with Crippen LogP contribution in [0.3, 0.4) is 0 Å². The number of hydrogen-bond donors (Lipinski definition) is 2. The van der Waals surface area contributed by atoms with Gasteiger partial charge in [-0.3, -0.25) is 14.5 Å². The van der Waals surface area contributed by atoms with Crippen LogP contribution in [0, 0.1) is 5.82 Å². The first-order valence-electron chi connectivity index (χ1n) is 8.51. The minimum absolute atomic E-state index is 0.128. The van der Waals surface area contributed by atoms with Crippen molar-refractivity contribution >= 4 is 46.2 Å². The number of carbonyl (C=O) groups is 2. The Labute approximate surface area is 174 Å². The van der Waals surface area contributed by atoms with Gasteiger partial charge < -0.3 is 16.4 Å². The molecule has 158 valence electrons. The van der Waals surface area contributed by atoms with E-state index in [1.807, 2.05) is 0 Å². The van der Waals surface area contributed by atoms with Gasteiger partial charge >= 0.3 is 6.18 Å². The number of thiocarbonyl (C=S) groups is 1. The van der Waals surface area contributed by atoms with Crippen LogP contribution >= 0.6 is 12.2 Å². The second-order valence-corrected chi connectivity index (χ2v) is 7.48. The summed E-state index contributed by atoms with van der Waals surface area (Å²) in [6, 6.07) is 6.48. The maximum atomic E-state index is 14.3. The molecule has 2 aromatic rings. The van der Waals surface area contributed by atoms with Crippen molar-refractivity contribution < 1.29 is 27.2 Å². The highest BCUT2D eigenvalue weighted by Gasteiger charge is 2.50. The van der Waals surface area contributed by atoms with Gasteiger partial charge in [-0.1, -0.05) is 0 Å². The number of rotatable bonds is 3. The smallest absolute Gasteiger partial charge is 0.398 e. The molecule has 30 heavy (non-hydrogen) atoms. The first-order valence-corrected chi connectivity index (χ1v) is 8.92. The van der Waals surface area contributed by atoms with Crippen LogP contribution in [0.15, 0.2) is 36.4 Å². The Hall–Kier alpha value is -3.21. The number of alkyl halides is 3. The van der Waals surface area contributed by atoms with E-state index in [0.29, 0.717) is 0 Å². The van der Waals surface area contributed by atoms with Crippen molar-refractivity contribution in [3.05, 3.63) is 53.3 Å². The van der Waals surface area contributed by atoms with E-state index < -0.39 is 40.6 Å². The van der Waals surface area contributed by atoms with Crippen molar-refractivity contribution in [3.63, 3.8) is 0 Å². The topological polar surface area (TPSA) is 92.7 Å². The Morgan fingerprint density at radius 1 is 1.10 bits per heavy atom. The molecule has 4 N–H and O–H groups in total. The fraction of sp³-hybridized carbons (Fsp3) is 0.211. The van der Waals surface area contributed by atoms with Gasteiger partial charge in [-0.05, 0) is 62.5 Å². The van der Waals surface area contributed by atoms with Gasteiger partial charge in [0.25, 0.3) is 11.8 Å². The van der Waals surface area contributed by atoms with E-state index in [0.717, 1.165) is 29.2 Å². The molecule has 3 rings (SSSR count). The summed E-state index contributed by atoms with van der Waals surface area (Å²) in [5.41, 5.74) is 7.23. The molecule has 0 radical (unpaired) electrons. The van der Waals surface area contributed by atoms with E-state index in [9.17, 15) is 27.2 Å². The second kappa shape index (κ2) is 6.94. The number of amides is 2. The highest BCUT2D eigenvalue weighted by atomic mass is 32.1. The van der Waals surface area contributed by atoms with Gasteiger partial charge in [-0.2, -0.15) is 13.2 Å². The molecular weight excluding hydrogens is 424 g/mol. The minimum atomic E-state index is -4.73. The van der Waals surface area contributed by atoms with Crippen LogP contribution < -0.4 is 21.3 Å². The lowest BCUT2D eigenvalue weighted by atomic mass is 10.0. The Morgan fingerprint density at radius 3 is 2.23 bits per heavy atom. The van der Waals surface area contributed by atoms with Crippen LogP contribution in [0.4, 0.5) is 34.6 Å². The average molecular weight is 440 g/mol. The third-order valence-electron chi connectivity index (χ3n) is 4.74. The lowest BCUT2D eigenvalue weighted by Gasteiger charge is -2.29. The number of primary amides is 1. The predicted molar refractivity (Wildman–Crippen MR) is 107 cm³/mol. The zero-order chi connectivity index (χ0) is 22.6. The van der Waals surface area contributed by atoms with Crippen molar-refractivity contribution in [2.75, 3.05) is 15.5 Å². The third kappa shape index (κ3) is 3.34. The van der Waals surface area contributed by atoms with Crippen molar-refractivity contribution in [2.24, 2.45) is 5.73 Å². The molecule has 0 aliphatic carbocycles. The molecule has 0 spiro atoms. The van der Waals surface area contributed by atoms with E-state index in [4.69, 9.17) is 23.7 Å². The Morgan fingerprint density at radius 2 is 1.70 bits per heavy atom. The van der Waals surface area contributed by atoms with Crippen molar-refractivity contribution in [2.45, 2.75) is 25.6 Å². The van der Waals surface area contributed by atoms with Crippen LogP contribution in [-0.4, -0.2) is 22.5 Å². The molecule has 11 heteroatoms. The summed E-state index contributed by atoms with van der Waals surface area (Å²) in [6.45, 7) is 2.98. The van der Waals surface area contributed by atoms with Crippen LogP contribution in [0.5, 0.6) is 0 Å². The standard InChI is InChI=1S/C19H16F4N4O2S/c1-18(2)16(29)26(9-4-6-14(24)12(7-9)19(21,22)23)17(30)27(18)10-3-5-11(15(25)28)13(20)8-10/h3-8H,24H2,1-2H3,(H2,25,28). The summed E-state index contributed by atoms with van der Waals surface area (Å²) in [5, 5.41) is -0.158. The van der Waals surface area contributed by atoms with Crippen LogP contribution in [0.2, 0.25) is 0 Å². The maximum absolute atomic E-state index is 14.3. The lowest BCUT2D eigenvalue weighted by Crippen LogP contribution is -2.44. The number of hydrogen-bond acceptors (Lipinski definition) is 4. The van der Waals surface area contributed by atoms with Crippen LogP contribution in [0.1, 0.15) is 29.8 Å². The van der Waals surface area contributed by atoms with E-state index in [1.54, 1.807) is 0 Å². The van der Waals surface area contributed by atoms with E-state index >= 15 is 0 Å². The number of nitrogen functional groups attached to an aromatic ring is 1. The second-order valence-electron chi connectivity index (χ2n) is 7.12. The van der Waals surface area contributed by atoms with Gasteiger partial charge in [0.1, 0.15) is 11.4 Å². The van der Waals surface area contributed by atoms with Gasteiger partial charge in [-0.25, -0.2) is 4.39 Å². The van der Waals surface area contributed by atoms with Gasteiger partial charge in [-0.15, -0.1) is 0 Å².